The lowest BCUT2D eigenvalue weighted by molar-refractivity contribution is -0.0833. The summed E-state index contributed by atoms with van der Waals surface area (Å²) in [6, 6.07) is 27.7. The van der Waals surface area contributed by atoms with Crippen LogP contribution in [0.1, 0.15) is 23.5 Å². The van der Waals surface area contributed by atoms with E-state index in [-0.39, 0.29) is 31.3 Å². The molecule has 9 heteroatoms. The van der Waals surface area contributed by atoms with Crippen molar-refractivity contribution in [3.8, 4) is 17.2 Å². The van der Waals surface area contributed by atoms with E-state index in [0.29, 0.717) is 50.1 Å². The number of piperidine rings is 1. The van der Waals surface area contributed by atoms with Gasteiger partial charge < -0.3 is 39.2 Å². The summed E-state index contributed by atoms with van der Waals surface area (Å²) < 4.78 is 30.0. The molecular weight excluding hydrogens is 582 g/mol. The van der Waals surface area contributed by atoms with Crippen LogP contribution in [0.3, 0.4) is 0 Å². The molecule has 234 valence electrons. The fraction of sp³-hybridized carbons (Fsp3) is 0.371. The van der Waals surface area contributed by atoms with Crippen molar-refractivity contribution in [3.63, 3.8) is 0 Å². The molecule has 3 N–H and O–H groups in total. The Balaban J connectivity index is 1.24. The first-order valence-corrected chi connectivity index (χ1v) is 15.3. The van der Waals surface area contributed by atoms with Gasteiger partial charge in [-0.1, -0.05) is 60.1 Å². The molecule has 1 saturated heterocycles. The summed E-state index contributed by atoms with van der Waals surface area (Å²) >= 11 is 6.15. The van der Waals surface area contributed by atoms with Crippen molar-refractivity contribution in [2.24, 2.45) is 0 Å². The minimum Gasteiger partial charge on any atom is -0.496 e. The van der Waals surface area contributed by atoms with Crippen LogP contribution < -0.4 is 19.5 Å². The predicted molar refractivity (Wildman–Crippen MR) is 171 cm³/mol. The minimum atomic E-state index is -0.945. The monoisotopic (exact) mass is 621 g/mol. The molecular formula is C35H40ClNO7. The fourth-order valence-corrected chi connectivity index (χ4v) is 5.66. The van der Waals surface area contributed by atoms with Crippen LogP contribution in [-0.2, 0) is 16.1 Å². The van der Waals surface area contributed by atoms with Gasteiger partial charge in [-0.2, -0.15) is 0 Å². The lowest BCUT2D eigenvalue weighted by atomic mass is 9.85. The number of para-hydroxylation sites is 1. The molecule has 44 heavy (non-hydrogen) atoms. The van der Waals surface area contributed by atoms with Gasteiger partial charge in [0.1, 0.15) is 23.4 Å². The van der Waals surface area contributed by atoms with E-state index in [1.807, 2.05) is 66.7 Å². The first-order chi connectivity index (χ1) is 21.6. The number of rotatable bonds is 15. The zero-order chi connectivity index (χ0) is 30.7. The smallest absolute Gasteiger partial charge is 0.137 e. The van der Waals surface area contributed by atoms with Crippen LogP contribution in [0, 0.1) is 0 Å². The maximum absolute atomic E-state index is 9.96. The molecule has 1 aliphatic rings. The number of fused-ring (bicyclic) bond motifs is 1. The molecule has 5 rings (SSSR count). The Morgan fingerprint density at radius 3 is 2.36 bits per heavy atom. The van der Waals surface area contributed by atoms with Crippen LogP contribution in [0.15, 0.2) is 84.9 Å². The SMILES string of the molecule is COc1cc(COC2CNC[C@@H](OC[C@H](O)CO)[C@@H]2c2ccc(OCCCOc3ccccc3Cl)cc2)cc2ccccc12. The maximum Gasteiger partial charge on any atom is 0.137 e. The van der Waals surface area contributed by atoms with E-state index < -0.39 is 6.10 Å². The van der Waals surface area contributed by atoms with Gasteiger partial charge in [0.25, 0.3) is 0 Å². The Kier molecular flexibility index (Phi) is 11.7. The second-order valence-corrected chi connectivity index (χ2v) is 11.2. The molecule has 1 heterocycles. The highest BCUT2D eigenvalue weighted by Gasteiger charge is 2.36. The highest BCUT2D eigenvalue weighted by Crippen LogP contribution is 2.33. The van der Waals surface area contributed by atoms with Crippen molar-refractivity contribution in [3.05, 3.63) is 101 Å². The van der Waals surface area contributed by atoms with Gasteiger partial charge >= 0.3 is 0 Å². The van der Waals surface area contributed by atoms with Crippen LogP contribution in [0.25, 0.3) is 10.8 Å². The van der Waals surface area contributed by atoms with Gasteiger partial charge in [0.05, 0.1) is 57.4 Å². The molecule has 0 aromatic heterocycles. The number of aliphatic hydroxyl groups excluding tert-OH is 2. The average Bonchev–Trinajstić information content (AvgIpc) is 3.06. The van der Waals surface area contributed by atoms with E-state index >= 15 is 0 Å². The minimum absolute atomic E-state index is 0.0331. The Bertz CT molecular complexity index is 1470. The normalized spacial score (nSPS) is 19.0. The Hall–Kier alpha value is -3.37. The van der Waals surface area contributed by atoms with Crippen LogP contribution in [0.5, 0.6) is 17.2 Å². The van der Waals surface area contributed by atoms with Crippen molar-refractivity contribution >= 4 is 22.4 Å². The van der Waals surface area contributed by atoms with Crippen molar-refractivity contribution in [1.29, 1.82) is 0 Å². The number of nitrogens with one attached hydrogen (secondary N) is 1. The highest BCUT2D eigenvalue weighted by atomic mass is 35.5. The molecule has 4 aromatic rings. The largest absolute Gasteiger partial charge is 0.496 e. The van der Waals surface area contributed by atoms with Crippen molar-refractivity contribution in [1.82, 2.24) is 5.32 Å². The second-order valence-electron chi connectivity index (χ2n) is 10.8. The third-order valence-electron chi connectivity index (χ3n) is 7.69. The maximum atomic E-state index is 9.96. The van der Waals surface area contributed by atoms with Crippen molar-refractivity contribution in [2.75, 3.05) is 46.6 Å². The summed E-state index contributed by atoms with van der Waals surface area (Å²) in [5.74, 6) is 2.13. The first-order valence-electron chi connectivity index (χ1n) is 14.9. The Morgan fingerprint density at radius 1 is 0.864 bits per heavy atom. The van der Waals surface area contributed by atoms with Crippen LogP contribution in [0.4, 0.5) is 0 Å². The zero-order valence-corrected chi connectivity index (χ0v) is 25.6. The number of hydrogen-bond acceptors (Lipinski definition) is 8. The first kappa shape index (κ1) is 32.0. The molecule has 0 saturated carbocycles. The fourth-order valence-electron chi connectivity index (χ4n) is 5.47. The van der Waals surface area contributed by atoms with Gasteiger partial charge in [-0.25, -0.2) is 0 Å². The number of aliphatic hydroxyl groups is 2. The molecule has 0 radical (unpaired) electrons. The van der Waals surface area contributed by atoms with E-state index in [1.54, 1.807) is 13.2 Å². The number of methoxy groups -OCH3 is 1. The number of ether oxygens (including phenoxy) is 5. The third-order valence-corrected chi connectivity index (χ3v) is 8.00. The second kappa shape index (κ2) is 16.1. The summed E-state index contributed by atoms with van der Waals surface area (Å²) in [5, 5.41) is 25.4. The van der Waals surface area contributed by atoms with Crippen LogP contribution in [-0.4, -0.2) is 75.2 Å². The number of hydrogen-bond donors (Lipinski definition) is 3. The molecule has 4 atom stereocenters. The topological polar surface area (TPSA) is 98.6 Å². The van der Waals surface area contributed by atoms with Gasteiger partial charge in [0.15, 0.2) is 0 Å². The predicted octanol–water partition coefficient (Wildman–Crippen LogP) is 5.36. The molecule has 1 aliphatic heterocycles. The lowest BCUT2D eigenvalue weighted by Crippen LogP contribution is -2.51. The Morgan fingerprint density at radius 2 is 1.59 bits per heavy atom. The summed E-state index contributed by atoms with van der Waals surface area (Å²) in [7, 11) is 1.68. The van der Waals surface area contributed by atoms with Crippen LogP contribution >= 0.6 is 11.6 Å². The van der Waals surface area contributed by atoms with E-state index in [9.17, 15) is 10.2 Å². The molecule has 0 spiro atoms. The molecule has 4 aromatic carbocycles. The molecule has 0 aliphatic carbocycles. The van der Waals surface area contributed by atoms with Crippen LogP contribution in [0.2, 0.25) is 5.02 Å². The number of halogens is 1. The third kappa shape index (κ3) is 8.41. The molecule has 0 bridgehead atoms. The molecule has 8 nitrogen and oxygen atoms in total. The summed E-state index contributed by atoms with van der Waals surface area (Å²) in [6.07, 6.45) is -0.708. The molecule has 1 fully saturated rings. The Labute approximate surface area is 263 Å². The van der Waals surface area contributed by atoms with E-state index in [2.05, 4.69) is 17.4 Å². The van der Waals surface area contributed by atoms with Gasteiger partial charge in [-0.05, 0) is 52.9 Å². The van der Waals surface area contributed by atoms with E-state index in [4.69, 9.17) is 35.3 Å². The quantitative estimate of drug-likeness (QED) is 0.153. The summed E-state index contributed by atoms with van der Waals surface area (Å²) in [6.45, 7) is 2.31. The van der Waals surface area contributed by atoms with Gasteiger partial charge in [-0.3, -0.25) is 0 Å². The summed E-state index contributed by atoms with van der Waals surface area (Å²) in [5.41, 5.74) is 2.06. The molecule has 1 unspecified atom stereocenters. The summed E-state index contributed by atoms with van der Waals surface area (Å²) in [4.78, 5) is 0. The highest BCUT2D eigenvalue weighted by molar-refractivity contribution is 6.32. The van der Waals surface area contributed by atoms with Gasteiger partial charge in [-0.15, -0.1) is 0 Å². The van der Waals surface area contributed by atoms with E-state index in [1.165, 1.54) is 0 Å². The zero-order valence-electron chi connectivity index (χ0n) is 24.9. The number of benzene rings is 4. The average molecular weight is 622 g/mol. The lowest BCUT2D eigenvalue weighted by Gasteiger charge is -2.39. The molecule has 0 amide bonds. The van der Waals surface area contributed by atoms with E-state index in [0.717, 1.165) is 33.4 Å². The standard InChI is InChI=1S/C35H40ClNO7/c1-40-32-18-24(17-26-7-2-3-8-29(26)32)22-43-33-19-37-20-34(44-23-27(39)21-38)35(33)25-11-13-28(14-12-25)41-15-6-16-42-31-10-5-4-9-30(31)36/h2-5,7-14,17-18,27,33-35,37-39H,6,15-16,19-23H2,1H3/t27-,33?,34-,35-/m1/s1. The van der Waals surface area contributed by atoms with Crippen molar-refractivity contribution < 1.29 is 33.9 Å². The van der Waals surface area contributed by atoms with Gasteiger partial charge in [0.2, 0.25) is 0 Å². The van der Waals surface area contributed by atoms with Crippen molar-refractivity contribution in [2.45, 2.75) is 37.3 Å². The van der Waals surface area contributed by atoms with Gasteiger partial charge in [0, 0.05) is 30.8 Å².